The fourth-order valence-electron chi connectivity index (χ4n) is 3.80. The highest BCUT2D eigenvalue weighted by molar-refractivity contribution is 5.25. The maximum atomic E-state index is 9.88. The summed E-state index contributed by atoms with van der Waals surface area (Å²) in [5, 5.41) is 29.6. The van der Waals surface area contributed by atoms with Crippen LogP contribution in [0.4, 0.5) is 0 Å². The number of aliphatic hydroxyl groups excluding tert-OH is 2. The smallest absolute Gasteiger partial charge is 0.0809 e. The van der Waals surface area contributed by atoms with Crippen LogP contribution in [0.15, 0.2) is 36.0 Å². The molecule has 3 N–H and O–H groups in total. The van der Waals surface area contributed by atoms with E-state index in [0.29, 0.717) is 24.3 Å². The molecule has 0 bridgehead atoms. The summed E-state index contributed by atoms with van der Waals surface area (Å²) in [4.78, 5) is 0. The third-order valence-corrected chi connectivity index (χ3v) is 5.29. The molecule has 0 aromatic heterocycles. The molecule has 0 aromatic carbocycles. The summed E-state index contributed by atoms with van der Waals surface area (Å²) >= 11 is 0. The summed E-state index contributed by atoms with van der Waals surface area (Å²) in [7, 11) is 0. The summed E-state index contributed by atoms with van der Waals surface area (Å²) in [6.45, 7) is 14.4. The molecule has 0 aromatic rings. The van der Waals surface area contributed by atoms with Crippen LogP contribution in [0.2, 0.25) is 0 Å². The minimum atomic E-state index is -0.625. The second-order valence-corrected chi connectivity index (χ2v) is 9.65. The molecule has 0 radical (unpaired) electrons. The maximum absolute atomic E-state index is 9.88. The van der Waals surface area contributed by atoms with Crippen molar-refractivity contribution in [3.8, 4) is 0 Å². The van der Waals surface area contributed by atoms with E-state index >= 15 is 0 Å². The normalized spacial score (nSPS) is 23.5. The zero-order valence-corrected chi connectivity index (χ0v) is 17.5. The predicted octanol–water partition coefficient (Wildman–Crippen LogP) is 4.92. The monoisotopic (exact) mass is 364 g/mol. The summed E-state index contributed by atoms with van der Waals surface area (Å²) in [6, 6.07) is 0. The van der Waals surface area contributed by atoms with Crippen LogP contribution in [0.25, 0.3) is 0 Å². The van der Waals surface area contributed by atoms with Crippen molar-refractivity contribution in [2.45, 2.75) is 97.4 Å². The van der Waals surface area contributed by atoms with E-state index in [9.17, 15) is 15.3 Å². The lowest BCUT2D eigenvalue weighted by Crippen LogP contribution is -2.27. The third kappa shape index (κ3) is 9.16. The van der Waals surface area contributed by atoms with E-state index in [-0.39, 0.29) is 5.41 Å². The molecule has 0 heterocycles. The van der Waals surface area contributed by atoms with Gasteiger partial charge in [0.1, 0.15) is 0 Å². The van der Waals surface area contributed by atoms with Gasteiger partial charge in [-0.1, -0.05) is 64.0 Å². The molecule has 3 heteroatoms. The summed E-state index contributed by atoms with van der Waals surface area (Å²) in [5.41, 5.74) is 1.29. The Morgan fingerprint density at radius 3 is 2.27 bits per heavy atom. The summed E-state index contributed by atoms with van der Waals surface area (Å²) in [6.07, 6.45) is 11.4. The van der Waals surface area contributed by atoms with Crippen LogP contribution < -0.4 is 0 Å². The molecule has 26 heavy (non-hydrogen) atoms. The molecule has 0 spiro atoms. The van der Waals surface area contributed by atoms with Crippen LogP contribution in [0, 0.1) is 11.3 Å². The van der Waals surface area contributed by atoms with Crippen molar-refractivity contribution in [3.63, 3.8) is 0 Å². The van der Waals surface area contributed by atoms with Gasteiger partial charge < -0.3 is 15.3 Å². The SMILES string of the molecule is C=C1[C@H](O)CC(=C/C=C\CC(C)(C)C[C@H](C)CCCC(C)(C)O)C[C@H]1O. The second-order valence-electron chi connectivity index (χ2n) is 9.65. The van der Waals surface area contributed by atoms with Crippen molar-refractivity contribution in [2.24, 2.45) is 11.3 Å². The van der Waals surface area contributed by atoms with Gasteiger partial charge in [-0.15, -0.1) is 0 Å². The van der Waals surface area contributed by atoms with Gasteiger partial charge in [0.15, 0.2) is 0 Å². The summed E-state index contributed by atoms with van der Waals surface area (Å²) in [5.74, 6) is 0.647. The Bertz CT molecular complexity index is 492. The molecule has 0 unspecified atom stereocenters. The van der Waals surface area contributed by atoms with Crippen LogP contribution in [-0.4, -0.2) is 33.1 Å². The lowest BCUT2D eigenvalue weighted by atomic mass is 9.79. The first-order chi connectivity index (χ1) is 11.9. The summed E-state index contributed by atoms with van der Waals surface area (Å²) < 4.78 is 0. The van der Waals surface area contributed by atoms with E-state index in [2.05, 4.69) is 39.5 Å². The number of hydrogen-bond donors (Lipinski definition) is 3. The van der Waals surface area contributed by atoms with Crippen LogP contribution in [0.1, 0.15) is 79.6 Å². The molecule has 0 amide bonds. The number of aliphatic hydroxyl groups is 3. The highest BCUT2D eigenvalue weighted by Crippen LogP contribution is 2.32. The molecule has 1 rings (SSSR count). The number of allylic oxidation sites excluding steroid dienone is 3. The molecule has 1 saturated carbocycles. The van der Waals surface area contributed by atoms with E-state index in [1.54, 1.807) is 0 Å². The standard InChI is InChI=1S/C23H40O3/c1-17(10-9-13-23(5,6)26)16-22(3,4)12-8-7-11-19-14-20(24)18(2)21(25)15-19/h7-8,11,17,20-21,24-26H,2,9-10,12-16H2,1,3-6H3/b8-7-/t17-,20-,21-/m1/s1. The number of rotatable bonds is 9. The maximum Gasteiger partial charge on any atom is 0.0809 e. The van der Waals surface area contributed by atoms with Gasteiger partial charge in [-0.05, 0) is 62.9 Å². The Hall–Kier alpha value is -0.900. The zero-order valence-electron chi connectivity index (χ0n) is 17.5. The molecule has 1 fully saturated rings. The minimum absolute atomic E-state index is 0.239. The molecular weight excluding hydrogens is 324 g/mol. The van der Waals surface area contributed by atoms with Crippen LogP contribution >= 0.6 is 0 Å². The Balaban J connectivity index is 2.41. The lowest BCUT2D eigenvalue weighted by Gasteiger charge is -2.28. The van der Waals surface area contributed by atoms with E-state index in [1.807, 2.05) is 19.9 Å². The van der Waals surface area contributed by atoms with Gasteiger partial charge in [0.2, 0.25) is 0 Å². The van der Waals surface area contributed by atoms with E-state index in [1.165, 1.54) is 0 Å². The first-order valence-corrected chi connectivity index (χ1v) is 10.0. The molecule has 0 aliphatic heterocycles. The molecule has 0 saturated heterocycles. The van der Waals surface area contributed by atoms with Crippen LogP contribution in [-0.2, 0) is 0 Å². The largest absolute Gasteiger partial charge is 0.390 e. The Morgan fingerprint density at radius 1 is 1.15 bits per heavy atom. The molecular formula is C23H40O3. The molecule has 3 nitrogen and oxygen atoms in total. The molecule has 150 valence electrons. The van der Waals surface area contributed by atoms with Gasteiger partial charge >= 0.3 is 0 Å². The topological polar surface area (TPSA) is 60.7 Å². The fraction of sp³-hybridized carbons (Fsp3) is 0.739. The van der Waals surface area contributed by atoms with Gasteiger partial charge in [-0.25, -0.2) is 0 Å². The van der Waals surface area contributed by atoms with Crippen LogP contribution in [0.3, 0.4) is 0 Å². The third-order valence-electron chi connectivity index (χ3n) is 5.29. The zero-order chi connectivity index (χ0) is 20.0. The Kier molecular flexibility index (Phi) is 8.78. The Labute approximate surface area is 160 Å². The fourth-order valence-corrected chi connectivity index (χ4v) is 3.80. The first-order valence-electron chi connectivity index (χ1n) is 10.0. The van der Waals surface area contributed by atoms with E-state index < -0.39 is 17.8 Å². The molecule has 3 atom stereocenters. The van der Waals surface area contributed by atoms with Crippen LogP contribution in [0.5, 0.6) is 0 Å². The average Bonchev–Trinajstić information content (AvgIpc) is 2.47. The van der Waals surface area contributed by atoms with Gasteiger partial charge in [0.05, 0.1) is 17.8 Å². The van der Waals surface area contributed by atoms with Gasteiger partial charge in [0.25, 0.3) is 0 Å². The molecule has 1 aliphatic rings. The van der Waals surface area contributed by atoms with Gasteiger partial charge in [-0.3, -0.25) is 0 Å². The Morgan fingerprint density at radius 2 is 1.73 bits per heavy atom. The van der Waals surface area contributed by atoms with Crippen molar-refractivity contribution in [2.75, 3.05) is 0 Å². The second kappa shape index (κ2) is 9.87. The van der Waals surface area contributed by atoms with Gasteiger partial charge in [-0.2, -0.15) is 0 Å². The quantitative estimate of drug-likeness (QED) is 0.509. The highest BCUT2D eigenvalue weighted by atomic mass is 16.3. The average molecular weight is 365 g/mol. The predicted molar refractivity (Wildman–Crippen MR) is 110 cm³/mol. The lowest BCUT2D eigenvalue weighted by molar-refractivity contribution is 0.0663. The van der Waals surface area contributed by atoms with Crippen molar-refractivity contribution in [1.29, 1.82) is 0 Å². The highest BCUT2D eigenvalue weighted by Gasteiger charge is 2.25. The van der Waals surface area contributed by atoms with E-state index in [4.69, 9.17) is 0 Å². The van der Waals surface area contributed by atoms with Gasteiger partial charge in [0, 0.05) is 0 Å². The van der Waals surface area contributed by atoms with Crippen molar-refractivity contribution >= 4 is 0 Å². The van der Waals surface area contributed by atoms with Crippen molar-refractivity contribution < 1.29 is 15.3 Å². The van der Waals surface area contributed by atoms with Crippen molar-refractivity contribution in [3.05, 3.63) is 36.0 Å². The van der Waals surface area contributed by atoms with Crippen molar-refractivity contribution in [1.82, 2.24) is 0 Å². The number of hydrogen-bond acceptors (Lipinski definition) is 3. The molecule has 1 aliphatic carbocycles. The minimum Gasteiger partial charge on any atom is -0.390 e. The first kappa shape index (κ1) is 23.1. The van der Waals surface area contributed by atoms with E-state index in [0.717, 1.165) is 37.7 Å².